The van der Waals surface area contributed by atoms with Gasteiger partial charge in [0.15, 0.2) is 0 Å². The lowest BCUT2D eigenvalue weighted by Gasteiger charge is -2.25. The molecule has 2 aromatic rings. The molecule has 22 heavy (non-hydrogen) atoms. The van der Waals surface area contributed by atoms with Gasteiger partial charge in [-0.15, -0.1) is 0 Å². The van der Waals surface area contributed by atoms with Crippen LogP contribution in [0.25, 0.3) is 0 Å². The highest BCUT2D eigenvalue weighted by Gasteiger charge is 2.18. The van der Waals surface area contributed by atoms with Crippen molar-refractivity contribution >= 4 is 11.4 Å². The van der Waals surface area contributed by atoms with Crippen molar-refractivity contribution in [1.29, 1.82) is 0 Å². The van der Waals surface area contributed by atoms with Crippen LogP contribution in [0.15, 0.2) is 54.6 Å². The first-order chi connectivity index (χ1) is 10.7. The standard InChI is InChI=1S/C19H26N2O/c1-3-7-18(21-17-8-5-4-6-9-17)19(22)14-20-16-12-10-15(2)11-13-16/h4-6,8-13,18-22H,3,7,14H2,1-2H3. The lowest BCUT2D eigenvalue weighted by Crippen LogP contribution is -2.38. The van der Waals surface area contributed by atoms with Crippen molar-refractivity contribution in [1.82, 2.24) is 0 Å². The van der Waals surface area contributed by atoms with Gasteiger partial charge in [-0.2, -0.15) is 0 Å². The minimum atomic E-state index is -0.443. The molecule has 0 fully saturated rings. The van der Waals surface area contributed by atoms with Crippen LogP contribution in [0.3, 0.4) is 0 Å². The maximum Gasteiger partial charge on any atom is 0.0912 e. The highest BCUT2D eigenvalue weighted by Crippen LogP contribution is 2.14. The third-order valence-electron chi connectivity index (χ3n) is 3.76. The Labute approximate surface area is 133 Å². The fraction of sp³-hybridized carbons (Fsp3) is 0.368. The van der Waals surface area contributed by atoms with Crippen LogP contribution in [0.5, 0.6) is 0 Å². The number of anilines is 2. The van der Waals surface area contributed by atoms with E-state index in [0.717, 1.165) is 24.2 Å². The third-order valence-corrected chi connectivity index (χ3v) is 3.76. The first-order valence-corrected chi connectivity index (χ1v) is 7.99. The molecule has 2 atom stereocenters. The molecule has 0 aliphatic heterocycles. The van der Waals surface area contributed by atoms with Crippen LogP contribution < -0.4 is 10.6 Å². The van der Waals surface area contributed by atoms with E-state index in [-0.39, 0.29) is 6.04 Å². The lowest BCUT2D eigenvalue weighted by molar-refractivity contribution is 0.160. The molecule has 0 saturated heterocycles. The molecule has 3 N–H and O–H groups in total. The van der Waals surface area contributed by atoms with E-state index in [1.54, 1.807) is 0 Å². The summed E-state index contributed by atoms with van der Waals surface area (Å²) < 4.78 is 0. The van der Waals surface area contributed by atoms with E-state index in [0.29, 0.717) is 6.54 Å². The monoisotopic (exact) mass is 298 g/mol. The molecule has 118 valence electrons. The van der Waals surface area contributed by atoms with Gasteiger partial charge in [0.25, 0.3) is 0 Å². The van der Waals surface area contributed by atoms with Crippen LogP contribution in [0.2, 0.25) is 0 Å². The number of hydrogen-bond acceptors (Lipinski definition) is 3. The number of benzene rings is 2. The number of nitrogens with one attached hydrogen (secondary N) is 2. The van der Waals surface area contributed by atoms with Crippen molar-refractivity contribution in [2.45, 2.75) is 38.8 Å². The second-order valence-corrected chi connectivity index (χ2v) is 5.72. The number of aryl methyl sites for hydroxylation is 1. The van der Waals surface area contributed by atoms with Crippen LogP contribution in [-0.2, 0) is 0 Å². The van der Waals surface area contributed by atoms with Crippen molar-refractivity contribution in [2.24, 2.45) is 0 Å². The van der Waals surface area contributed by atoms with Gasteiger partial charge in [0.2, 0.25) is 0 Å². The third kappa shape index (κ3) is 5.08. The Balaban J connectivity index is 1.91. The van der Waals surface area contributed by atoms with E-state index in [1.165, 1.54) is 5.56 Å². The average molecular weight is 298 g/mol. The fourth-order valence-corrected chi connectivity index (χ4v) is 2.46. The number of para-hydroxylation sites is 1. The van der Waals surface area contributed by atoms with Gasteiger partial charge in [0, 0.05) is 17.9 Å². The fourth-order valence-electron chi connectivity index (χ4n) is 2.46. The van der Waals surface area contributed by atoms with E-state index < -0.39 is 6.10 Å². The summed E-state index contributed by atoms with van der Waals surface area (Å²) in [6.45, 7) is 4.74. The summed E-state index contributed by atoms with van der Waals surface area (Å²) in [4.78, 5) is 0. The summed E-state index contributed by atoms with van der Waals surface area (Å²) in [5, 5.41) is 17.2. The average Bonchev–Trinajstić information content (AvgIpc) is 2.54. The Bertz CT molecular complexity index is 539. The van der Waals surface area contributed by atoms with Crippen LogP contribution in [0.1, 0.15) is 25.3 Å². The maximum absolute atomic E-state index is 10.5. The van der Waals surface area contributed by atoms with Crippen molar-refractivity contribution in [3.05, 3.63) is 60.2 Å². The van der Waals surface area contributed by atoms with E-state index in [1.807, 2.05) is 42.5 Å². The molecular weight excluding hydrogens is 272 g/mol. The molecule has 0 aliphatic carbocycles. The Morgan fingerprint density at radius 3 is 2.27 bits per heavy atom. The zero-order chi connectivity index (χ0) is 15.8. The molecular formula is C19H26N2O. The Hall–Kier alpha value is -2.00. The molecule has 2 rings (SSSR count). The Morgan fingerprint density at radius 2 is 1.64 bits per heavy atom. The molecule has 0 aliphatic rings. The second kappa shape index (κ2) is 8.44. The summed E-state index contributed by atoms with van der Waals surface area (Å²) in [6, 6.07) is 18.3. The first kappa shape index (κ1) is 16.4. The number of aliphatic hydroxyl groups is 1. The molecule has 2 unspecified atom stereocenters. The second-order valence-electron chi connectivity index (χ2n) is 5.72. The van der Waals surface area contributed by atoms with Crippen LogP contribution >= 0.6 is 0 Å². The van der Waals surface area contributed by atoms with Crippen LogP contribution in [0.4, 0.5) is 11.4 Å². The molecule has 0 spiro atoms. The molecule has 2 aromatic carbocycles. The Kier molecular flexibility index (Phi) is 6.28. The van der Waals surface area contributed by atoms with Gasteiger partial charge >= 0.3 is 0 Å². The van der Waals surface area contributed by atoms with Gasteiger partial charge in [0.1, 0.15) is 0 Å². The maximum atomic E-state index is 10.5. The topological polar surface area (TPSA) is 44.3 Å². The molecule has 0 amide bonds. The molecule has 0 aromatic heterocycles. The quantitative estimate of drug-likeness (QED) is 0.689. The summed E-state index contributed by atoms with van der Waals surface area (Å²) in [6.07, 6.45) is 1.53. The van der Waals surface area contributed by atoms with E-state index in [2.05, 4.69) is 36.6 Å². The summed E-state index contributed by atoms with van der Waals surface area (Å²) >= 11 is 0. The normalized spacial score (nSPS) is 13.4. The van der Waals surface area contributed by atoms with Gasteiger partial charge in [-0.25, -0.2) is 0 Å². The molecule has 0 bridgehead atoms. The Morgan fingerprint density at radius 1 is 0.955 bits per heavy atom. The minimum Gasteiger partial charge on any atom is -0.389 e. The molecule has 3 heteroatoms. The van der Waals surface area contributed by atoms with Crippen molar-refractivity contribution in [3.63, 3.8) is 0 Å². The van der Waals surface area contributed by atoms with E-state index in [9.17, 15) is 5.11 Å². The first-order valence-electron chi connectivity index (χ1n) is 7.99. The van der Waals surface area contributed by atoms with Crippen LogP contribution in [0, 0.1) is 6.92 Å². The van der Waals surface area contributed by atoms with Gasteiger partial charge in [-0.1, -0.05) is 49.2 Å². The number of rotatable bonds is 8. The summed E-state index contributed by atoms with van der Waals surface area (Å²) in [7, 11) is 0. The molecule has 3 nitrogen and oxygen atoms in total. The van der Waals surface area contributed by atoms with E-state index in [4.69, 9.17) is 0 Å². The summed E-state index contributed by atoms with van der Waals surface area (Å²) in [5.74, 6) is 0. The van der Waals surface area contributed by atoms with Crippen LogP contribution in [-0.4, -0.2) is 23.8 Å². The molecule has 0 saturated carbocycles. The molecule has 0 radical (unpaired) electrons. The van der Waals surface area contributed by atoms with Crippen molar-refractivity contribution < 1.29 is 5.11 Å². The number of hydrogen-bond donors (Lipinski definition) is 3. The van der Waals surface area contributed by atoms with Gasteiger partial charge in [-0.3, -0.25) is 0 Å². The zero-order valence-corrected chi connectivity index (χ0v) is 13.4. The zero-order valence-electron chi connectivity index (χ0n) is 13.4. The smallest absolute Gasteiger partial charge is 0.0912 e. The number of aliphatic hydroxyl groups excluding tert-OH is 1. The highest BCUT2D eigenvalue weighted by atomic mass is 16.3. The predicted octanol–water partition coefficient (Wildman–Crippen LogP) is 4.05. The van der Waals surface area contributed by atoms with Gasteiger partial charge in [0.05, 0.1) is 12.1 Å². The van der Waals surface area contributed by atoms with Gasteiger partial charge in [-0.05, 0) is 37.6 Å². The minimum absolute atomic E-state index is 0.0466. The predicted molar refractivity (Wildman–Crippen MR) is 94.4 cm³/mol. The SMILES string of the molecule is CCCC(Nc1ccccc1)C(O)CNc1ccc(C)cc1. The van der Waals surface area contributed by atoms with E-state index >= 15 is 0 Å². The highest BCUT2D eigenvalue weighted by molar-refractivity contribution is 5.45. The van der Waals surface area contributed by atoms with Crippen molar-refractivity contribution in [2.75, 3.05) is 17.2 Å². The largest absolute Gasteiger partial charge is 0.389 e. The van der Waals surface area contributed by atoms with Crippen molar-refractivity contribution in [3.8, 4) is 0 Å². The molecule has 0 heterocycles. The lowest BCUT2D eigenvalue weighted by atomic mass is 10.0. The summed E-state index contributed by atoms with van der Waals surface area (Å²) in [5.41, 5.74) is 3.33. The van der Waals surface area contributed by atoms with Gasteiger partial charge < -0.3 is 15.7 Å².